The number of nitriles is 3. The second kappa shape index (κ2) is 27.6. The minimum absolute atomic E-state index is 0. The molecule has 344 valence electrons. The number of carbonyl (C=O) groups excluding carboxylic acids is 1. The number of esters is 1. The van der Waals surface area contributed by atoms with E-state index in [1.54, 1.807) is 13.0 Å². The van der Waals surface area contributed by atoms with Crippen LogP contribution >= 0.6 is 24.0 Å². The first-order valence-electron chi connectivity index (χ1n) is 19.0. The summed E-state index contributed by atoms with van der Waals surface area (Å²) in [6.07, 6.45) is 0.630. The van der Waals surface area contributed by atoms with Crippen molar-refractivity contribution in [2.75, 3.05) is 5.75 Å². The van der Waals surface area contributed by atoms with Crippen molar-refractivity contribution < 1.29 is 91.7 Å². The van der Waals surface area contributed by atoms with Crippen molar-refractivity contribution in [1.29, 1.82) is 15.8 Å². The molecule has 4 atom stereocenters. The number of azo groups is 1. The molecule has 22 heteroatoms. The molecule has 4 N–H and O–H groups in total. The first kappa shape index (κ1) is 60.2. The topological polar surface area (TPSA) is 329 Å². The first-order valence-corrected chi connectivity index (χ1v) is 21.8. The predicted octanol–water partition coefficient (Wildman–Crippen LogP) is 4.77. The SMILES string of the molecule is C=Cc1ccc(S(=O)(=O)[O-])cc1.CC(C#N)(CCC(=O)O)C(C)(CSC(=S)c1ccccc1)C(=O)Oc1ccc(C(=O)O)cc1.CC(C#N)(CCC(=O)O)N=NC(C)(C#N)CCC(=O)O.[Na+]. The van der Waals surface area contributed by atoms with E-state index in [1.807, 2.05) is 42.5 Å². The van der Waals surface area contributed by atoms with Crippen LogP contribution in [0.5, 0.6) is 5.75 Å². The fourth-order valence-corrected chi connectivity index (χ4v) is 6.90. The Morgan fingerprint density at radius 3 is 1.58 bits per heavy atom. The number of carboxylic acids is 4. The van der Waals surface area contributed by atoms with Gasteiger partial charge in [-0.3, -0.25) is 19.2 Å². The van der Waals surface area contributed by atoms with E-state index >= 15 is 0 Å². The van der Waals surface area contributed by atoms with Gasteiger partial charge in [-0.1, -0.05) is 67.3 Å². The summed E-state index contributed by atoms with van der Waals surface area (Å²) in [5.41, 5.74) is -3.89. The van der Waals surface area contributed by atoms with E-state index in [2.05, 4.69) is 22.9 Å². The number of thiocarbonyl (C=S) groups is 1. The zero-order chi connectivity index (χ0) is 49.6. The maximum absolute atomic E-state index is 13.4. The van der Waals surface area contributed by atoms with Crippen LogP contribution in [0, 0.1) is 44.8 Å². The van der Waals surface area contributed by atoms with Crippen molar-refractivity contribution in [2.45, 2.75) is 82.2 Å². The third-order valence-corrected chi connectivity index (χ3v) is 12.3. The molecule has 0 spiro atoms. The van der Waals surface area contributed by atoms with Crippen molar-refractivity contribution in [3.05, 3.63) is 102 Å². The molecule has 0 heterocycles. The number of rotatable bonds is 20. The van der Waals surface area contributed by atoms with Crippen LogP contribution in [0.2, 0.25) is 0 Å². The van der Waals surface area contributed by atoms with Crippen LogP contribution < -0.4 is 34.3 Å². The van der Waals surface area contributed by atoms with Gasteiger partial charge in [-0.05, 0) is 94.5 Å². The van der Waals surface area contributed by atoms with Gasteiger partial charge < -0.3 is 29.7 Å². The van der Waals surface area contributed by atoms with Crippen LogP contribution in [-0.4, -0.2) is 84.3 Å². The second-order valence-electron chi connectivity index (χ2n) is 14.8. The smallest absolute Gasteiger partial charge is 0.744 e. The summed E-state index contributed by atoms with van der Waals surface area (Å²) in [4.78, 5) is 56.4. The summed E-state index contributed by atoms with van der Waals surface area (Å²) in [5.74, 6) is -4.85. The van der Waals surface area contributed by atoms with Gasteiger partial charge in [0.1, 0.15) is 15.9 Å². The normalized spacial score (nSPS) is 14.2. The molecule has 0 radical (unpaired) electrons. The van der Waals surface area contributed by atoms with Crippen molar-refractivity contribution in [2.24, 2.45) is 21.1 Å². The molecule has 0 aliphatic carbocycles. The van der Waals surface area contributed by atoms with Crippen LogP contribution in [-0.2, 0) is 29.3 Å². The molecule has 0 aliphatic heterocycles. The van der Waals surface area contributed by atoms with Gasteiger partial charge in [0.15, 0.2) is 11.1 Å². The van der Waals surface area contributed by atoms with E-state index in [-0.39, 0.29) is 90.0 Å². The quantitative estimate of drug-likeness (QED) is 0.0296. The Labute approximate surface area is 414 Å². The van der Waals surface area contributed by atoms with Crippen molar-refractivity contribution >= 4 is 74.2 Å². The average Bonchev–Trinajstić information content (AvgIpc) is 3.28. The molecular formula is C44H46N5NaO13S3. The number of ether oxygens (including phenoxy) is 1. The number of nitrogens with zero attached hydrogens (tertiary/aromatic N) is 5. The average molecular weight is 972 g/mol. The monoisotopic (exact) mass is 971 g/mol. The van der Waals surface area contributed by atoms with Gasteiger partial charge in [-0.25, -0.2) is 13.2 Å². The Morgan fingerprint density at radius 1 is 0.742 bits per heavy atom. The number of hydrogen-bond donors (Lipinski definition) is 4. The Kier molecular flexibility index (Phi) is 25.2. The van der Waals surface area contributed by atoms with Gasteiger partial charge in [0.2, 0.25) is 0 Å². The van der Waals surface area contributed by atoms with Gasteiger partial charge >= 0.3 is 59.4 Å². The van der Waals surface area contributed by atoms with Crippen molar-refractivity contribution in [1.82, 2.24) is 0 Å². The molecule has 0 saturated heterocycles. The zero-order valence-electron chi connectivity index (χ0n) is 36.7. The molecule has 4 unspecified atom stereocenters. The van der Waals surface area contributed by atoms with E-state index in [9.17, 15) is 42.2 Å². The Balaban J connectivity index is 0.00000108. The second-order valence-corrected chi connectivity index (χ2v) is 17.8. The van der Waals surface area contributed by atoms with Crippen LogP contribution in [0.15, 0.2) is 101 Å². The predicted molar refractivity (Wildman–Crippen MR) is 239 cm³/mol. The largest absolute Gasteiger partial charge is 1.00 e. The molecule has 3 rings (SSSR count). The third-order valence-electron chi connectivity index (χ3n) is 9.60. The minimum atomic E-state index is -4.31. The molecule has 0 aliphatic rings. The van der Waals surface area contributed by atoms with Gasteiger partial charge in [0, 0.05) is 25.0 Å². The summed E-state index contributed by atoms with van der Waals surface area (Å²) in [7, 11) is -4.31. The van der Waals surface area contributed by atoms with Crippen LogP contribution in [0.4, 0.5) is 0 Å². The Morgan fingerprint density at radius 2 is 1.20 bits per heavy atom. The Hall–Kier alpha value is -5.83. The third kappa shape index (κ3) is 20.1. The molecule has 0 aromatic heterocycles. The Bertz CT molecular complexity index is 2430. The van der Waals surface area contributed by atoms with E-state index < -0.39 is 61.9 Å². The molecule has 0 bridgehead atoms. The first-order chi connectivity index (χ1) is 30.2. The molecule has 0 saturated carbocycles. The summed E-state index contributed by atoms with van der Waals surface area (Å²) < 4.78 is 37.4. The fourth-order valence-electron chi connectivity index (χ4n) is 4.96. The summed E-state index contributed by atoms with van der Waals surface area (Å²) in [6, 6.07) is 25.9. The summed E-state index contributed by atoms with van der Waals surface area (Å²) >= 11 is 6.70. The molecule has 3 aromatic rings. The van der Waals surface area contributed by atoms with E-state index in [0.29, 0.717) is 4.20 Å². The molecule has 0 fully saturated rings. The van der Waals surface area contributed by atoms with Crippen LogP contribution in [0.25, 0.3) is 6.08 Å². The number of aromatic carboxylic acids is 1. The van der Waals surface area contributed by atoms with Gasteiger partial charge in [-0.2, -0.15) is 26.0 Å². The number of thioether (sulfide) groups is 1. The molecule has 0 amide bonds. The number of benzene rings is 3. The van der Waals surface area contributed by atoms with Crippen LogP contribution in [0.3, 0.4) is 0 Å². The number of aliphatic carboxylic acids is 3. The number of carbonyl (C=O) groups is 5. The molecular weight excluding hydrogens is 926 g/mol. The van der Waals surface area contributed by atoms with Gasteiger partial charge in [0.25, 0.3) is 0 Å². The minimum Gasteiger partial charge on any atom is -0.744 e. The van der Waals surface area contributed by atoms with Crippen molar-refractivity contribution in [3.63, 3.8) is 0 Å². The van der Waals surface area contributed by atoms with Crippen molar-refractivity contribution in [3.8, 4) is 24.0 Å². The zero-order valence-corrected chi connectivity index (χ0v) is 41.1. The summed E-state index contributed by atoms with van der Waals surface area (Å²) in [6.45, 7) is 9.42. The van der Waals surface area contributed by atoms with Crippen LogP contribution in [0.1, 0.15) is 87.7 Å². The van der Waals surface area contributed by atoms with E-state index in [0.717, 1.165) is 11.1 Å². The maximum atomic E-state index is 13.4. The van der Waals surface area contributed by atoms with E-state index in [4.69, 9.17) is 47.9 Å². The summed E-state index contributed by atoms with van der Waals surface area (Å²) in [5, 5.41) is 70.9. The fraction of sp³-hybridized carbons (Fsp3) is 0.341. The molecule has 18 nitrogen and oxygen atoms in total. The van der Waals surface area contributed by atoms with Gasteiger partial charge in [0.05, 0.1) is 43.7 Å². The maximum Gasteiger partial charge on any atom is 1.00 e. The standard InChI is InChI=1S/C24H23NO6S2.C12H16N4O4.C8H8O3S.Na/c1-23(14-25,13-12-19(26)27)24(2,15-33-21(32)17-6-4-3-5-7-17)22(30)31-18-10-8-16(9-11-18)20(28)29;1-11(7-13,5-3-9(17)18)15-16-12(2,8-14)6-4-10(19)20;1-2-7-3-5-8(6-4-7)12(9,10)11;/h3-11H,12-13,15H2,1-2H3,(H,26,27)(H,28,29);3-6H2,1-2H3,(H,17,18)(H,19,20);2-6H,1H2,(H,9,10,11);/q;;;+1/p-1. The molecule has 3 aromatic carbocycles. The number of carboxylic acid groups (broad SMARTS) is 4. The number of hydrogen-bond acceptors (Lipinski definition) is 16. The molecule has 66 heavy (non-hydrogen) atoms. The van der Waals surface area contributed by atoms with E-state index in [1.165, 1.54) is 81.1 Å². The van der Waals surface area contributed by atoms with Gasteiger partial charge in [-0.15, -0.1) is 11.8 Å².